The molecule has 2 unspecified atom stereocenters. The fourth-order valence-electron chi connectivity index (χ4n) is 2.31. The molecule has 1 saturated heterocycles. The van der Waals surface area contributed by atoms with Gasteiger partial charge in [0.25, 0.3) is 0 Å². The number of carbonyl (C=O) groups excluding carboxylic acids is 1. The molecule has 18 heavy (non-hydrogen) atoms. The maximum absolute atomic E-state index is 12.1. The number of piperazine rings is 1. The highest BCUT2D eigenvalue weighted by Crippen LogP contribution is 2.25. The van der Waals surface area contributed by atoms with Crippen molar-refractivity contribution in [3.05, 3.63) is 16.6 Å². The van der Waals surface area contributed by atoms with Crippen molar-refractivity contribution in [2.75, 3.05) is 26.2 Å². The lowest BCUT2D eigenvalue weighted by molar-refractivity contribution is -0.127. The van der Waals surface area contributed by atoms with Crippen LogP contribution < -0.4 is 10.6 Å². The molecule has 0 bridgehead atoms. The summed E-state index contributed by atoms with van der Waals surface area (Å²) in [4.78, 5) is 19.7. The van der Waals surface area contributed by atoms with Crippen molar-refractivity contribution in [3.63, 3.8) is 0 Å². The Balaban J connectivity index is 2.10. The van der Waals surface area contributed by atoms with Gasteiger partial charge in [-0.2, -0.15) is 0 Å². The fourth-order valence-corrected chi connectivity index (χ4v) is 3.01. The third kappa shape index (κ3) is 2.88. The lowest BCUT2D eigenvalue weighted by atomic mass is 10.1. The molecule has 0 saturated carbocycles. The van der Waals surface area contributed by atoms with Crippen molar-refractivity contribution in [2.45, 2.75) is 25.9 Å². The Bertz CT molecular complexity index is 381. The van der Waals surface area contributed by atoms with Gasteiger partial charge in [-0.15, -0.1) is 11.3 Å². The zero-order valence-corrected chi connectivity index (χ0v) is 11.7. The minimum Gasteiger partial charge on any atom is -0.355 e. The molecule has 2 atom stereocenters. The quantitative estimate of drug-likeness (QED) is 0.840. The lowest BCUT2D eigenvalue weighted by Gasteiger charge is -2.38. The zero-order valence-electron chi connectivity index (χ0n) is 10.8. The second-order valence-electron chi connectivity index (χ2n) is 4.43. The first-order chi connectivity index (χ1) is 8.74. The number of hydrogen-bond acceptors (Lipinski definition) is 5. The van der Waals surface area contributed by atoms with Crippen LogP contribution in [0.25, 0.3) is 0 Å². The lowest BCUT2D eigenvalue weighted by Crippen LogP contribution is -2.58. The van der Waals surface area contributed by atoms with Crippen molar-refractivity contribution in [3.8, 4) is 0 Å². The first-order valence-electron chi connectivity index (χ1n) is 6.36. The summed E-state index contributed by atoms with van der Waals surface area (Å²) < 4.78 is 0. The van der Waals surface area contributed by atoms with Gasteiger partial charge in [0.05, 0.1) is 5.51 Å². The van der Waals surface area contributed by atoms with Crippen LogP contribution in [-0.2, 0) is 4.79 Å². The van der Waals surface area contributed by atoms with Gasteiger partial charge in [-0.05, 0) is 13.8 Å². The molecule has 1 fully saturated rings. The van der Waals surface area contributed by atoms with Gasteiger partial charge in [-0.1, -0.05) is 0 Å². The standard InChI is InChI=1S/C12H20N4OS/c1-3-15-12(17)10-6-13-4-5-16(10)9(2)11-7-14-8-18-11/h7-10,13H,3-6H2,1-2H3,(H,15,17). The zero-order chi connectivity index (χ0) is 13.0. The minimum atomic E-state index is -0.0872. The van der Waals surface area contributed by atoms with E-state index in [1.165, 1.54) is 4.88 Å². The van der Waals surface area contributed by atoms with E-state index in [1.54, 1.807) is 11.3 Å². The smallest absolute Gasteiger partial charge is 0.238 e. The molecule has 100 valence electrons. The van der Waals surface area contributed by atoms with E-state index in [2.05, 4.69) is 27.4 Å². The number of carbonyl (C=O) groups is 1. The molecule has 2 heterocycles. The Morgan fingerprint density at radius 3 is 3.28 bits per heavy atom. The summed E-state index contributed by atoms with van der Waals surface area (Å²) in [6, 6.07) is 0.156. The summed E-state index contributed by atoms with van der Waals surface area (Å²) >= 11 is 1.65. The molecule has 6 heteroatoms. The second kappa shape index (κ2) is 6.26. The molecular formula is C12H20N4OS. The second-order valence-corrected chi connectivity index (χ2v) is 5.35. The summed E-state index contributed by atoms with van der Waals surface area (Å²) in [5.74, 6) is 0.112. The number of hydrogen-bond donors (Lipinski definition) is 2. The third-order valence-corrected chi connectivity index (χ3v) is 4.24. The molecule has 0 aromatic carbocycles. The van der Waals surface area contributed by atoms with Gasteiger partial charge in [0.2, 0.25) is 5.91 Å². The highest BCUT2D eigenvalue weighted by Gasteiger charge is 2.32. The van der Waals surface area contributed by atoms with Crippen LogP contribution in [0.4, 0.5) is 0 Å². The van der Waals surface area contributed by atoms with Crippen molar-refractivity contribution < 1.29 is 4.79 Å². The average molecular weight is 268 g/mol. The number of thiazole rings is 1. The number of likely N-dealkylation sites (N-methyl/N-ethyl adjacent to an activating group) is 1. The fraction of sp³-hybridized carbons (Fsp3) is 0.667. The van der Waals surface area contributed by atoms with Gasteiger partial charge < -0.3 is 10.6 Å². The number of rotatable bonds is 4. The summed E-state index contributed by atoms with van der Waals surface area (Å²) in [6.45, 7) is 7.31. The Labute approximate surface area is 112 Å². The van der Waals surface area contributed by atoms with Crippen molar-refractivity contribution >= 4 is 17.2 Å². The molecule has 0 aliphatic carbocycles. The molecule has 0 radical (unpaired) electrons. The molecule has 5 nitrogen and oxygen atoms in total. The molecule has 2 rings (SSSR count). The molecule has 1 aliphatic rings. The molecule has 1 amide bonds. The van der Waals surface area contributed by atoms with Crippen LogP contribution in [0.2, 0.25) is 0 Å². The number of aromatic nitrogens is 1. The maximum Gasteiger partial charge on any atom is 0.238 e. The number of nitrogens with one attached hydrogen (secondary N) is 2. The summed E-state index contributed by atoms with van der Waals surface area (Å²) in [5.41, 5.74) is 1.84. The third-order valence-electron chi connectivity index (χ3n) is 3.30. The van der Waals surface area contributed by atoms with Gasteiger partial charge in [-0.25, -0.2) is 0 Å². The summed E-state index contributed by atoms with van der Waals surface area (Å²) in [5, 5.41) is 6.20. The van der Waals surface area contributed by atoms with Crippen LogP contribution in [-0.4, -0.2) is 48.0 Å². The van der Waals surface area contributed by atoms with Gasteiger partial charge in [0.15, 0.2) is 0 Å². The number of nitrogens with zero attached hydrogens (tertiary/aromatic N) is 2. The average Bonchev–Trinajstić information content (AvgIpc) is 2.92. The van der Waals surface area contributed by atoms with E-state index in [0.717, 1.165) is 19.6 Å². The summed E-state index contributed by atoms with van der Waals surface area (Å²) in [7, 11) is 0. The number of amides is 1. The molecule has 1 aromatic rings. The van der Waals surface area contributed by atoms with E-state index >= 15 is 0 Å². The van der Waals surface area contributed by atoms with Gasteiger partial charge in [-0.3, -0.25) is 14.7 Å². The van der Waals surface area contributed by atoms with E-state index in [1.807, 2.05) is 18.6 Å². The predicted octanol–water partition coefficient (Wildman–Crippen LogP) is 0.614. The molecule has 0 spiro atoms. The largest absolute Gasteiger partial charge is 0.355 e. The van der Waals surface area contributed by atoms with Crippen LogP contribution in [0, 0.1) is 0 Å². The van der Waals surface area contributed by atoms with Crippen LogP contribution in [0.1, 0.15) is 24.8 Å². The van der Waals surface area contributed by atoms with Crippen LogP contribution in [0.15, 0.2) is 11.7 Å². The van der Waals surface area contributed by atoms with Gasteiger partial charge in [0.1, 0.15) is 6.04 Å². The van der Waals surface area contributed by atoms with E-state index in [4.69, 9.17) is 0 Å². The van der Waals surface area contributed by atoms with Crippen molar-refractivity contribution in [1.82, 2.24) is 20.5 Å². The van der Waals surface area contributed by atoms with Crippen LogP contribution in [0.5, 0.6) is 0 Å². The maximum atomic E-state index is 12.1. The first kappa shape index (κ1) is 13.5. The highest BCUT2D eigenvalue weighted by molar-refractivity contribution is 7.09. The monoisotopic (exact) mass is 268 g/mol. The highest BCUT2D eigenvalue weighted by atomic mass is 32.1. The van der Waals surface area contributed by atoms with Gasteiger partial charge >= 0.3 is 0 Å². The summed E-state index contributed by atoms with van der Waals surface area (Å²) in [6.07, 6.45) is 1.89. The van der Waals surface area contributed by atoms with Gasteiger partial charge in [0, 0.05) is 43.3 Å². The normalized spacial score (nSPS) is 22.7. The van der Waals surface area contributed by atoms with Crippen LogP contribution in [0.3, 0.4) is 0 Å². The molecule has 1 aromatic heterocycles. The minimum absolute atomic E-state index is 0.0872. The Kier molecular flexibility index (Phi) is 4.68. The molecule has 2 N–H and O–H groups in total. The molecular weight excluding hydrogens is 248 g/mol. The Hall–Kier alpha value is -0.980. The van der Waals surface area contributed by atoms with E-state index in [-0.39, 0.29) is 18.0 Å². The Morgan fingerprint density at radius 2 is 2.61 bits per heavy atom. The van der Waals surface area contributed by atoms with Crippen LogP contribution >= 0.6 is 11.3 Å². The SMILES string of the molecule is CCNC(=O)C1CNCCN1C(C)c1cncs1. The Morgan fingerprint density at radius 1 is 1.78 bits per heavy atom. The molecule has 1 aliphatic heterocycles. The van der Waals surface area contributed by atoms with E-state index in [9.17, 15) is 4.79 Å². The van der Waals surface area contributed by atoms with Crippen molar-refractivity contribution in [1.29, 1.82) is 0 Å². The van der Waals surface area contributed by atoms with Crippen molar-refractivity contribution in [2.24, 2.45) is 0 Å². The predicted molar refractivity (Wildman–Crippen MR) is 72.6 cm³/mol. The topological polar surface area (TPSA) is 57.3 Å². The van der Waals surface area contributed by atoms with E-state index < -0.39 is 0 Å². The van der Waals surface area contributed by atoms with E-state index in [0.29, 0.717) is 6.54 Å². The first-order valence-corrected chi connectivity index (χ1v) is 7.24.